The summed E-state index contributed by atoms with van der Waals surface area (Å²) in [6.45, 7) is 4.22. The Labute approximate surface area is 180 Å². The maximum atomic E-state index is 12.8. The zero-order valence-corrected chi connectivity index (χ0v) is 18.5. The second-order valence-electron chi connectivity index (χ2n) is 8.65. The van der Waals surface area contributed by atoms with Crippen molar-refractivity contribution in [3.63, 3.8) is 0 Å². The molecule has 1 N–H and O–H groups in total. The summed E-state index contributed by atoms with van der Waals surface area (Å²) >= 11 is 0. The number of hydrogen-bond acceptors (Lipinski definition) is 1. The zero-order valence-electron chi connectivity index (χ0n) is 18.5. The monoisotopic (exact) mass is 422 g/mol. The molecule has 0 amide bonds. The Hall–Kier alpha value is -1.71. The van der Waals surface area contributed by atoms with E-state index in [9.17, 15) is 18.3 Å². The molecule has 0 saturated heterocycles. The predicted octanol–water partition coefficient (Wildman–Crippen LogP) is 8.70. The highest BCUT2D eigenvalue weighted by Gasteiger charge is 2.33. The summed E-state index contributed by atoms with van der Waals surface area (Å²) in [4.78, 5) is 0. The number of halogens is 3. The number of rotatable bonds is 12. The Morgan fingerprint density at radius 1 is 0.933 bits per heavy atom. The van der Waals surface area contributed by atoms with Crippen LogP contribution in [0.25, 0.3) is 0 Å². The van der Waals surface area contributed by atoms with Crippen LogP contribution < -0.4 is 0 Å². The average molecular weight is 423 g/mol. The molecular formula is C26H37F3O. The zero-order chi connectivity index (χ0) is 22.0. The molecule has 0 fully saturated rings. The Bertz CT molecular complexity index is 716. The average Bonchev–Trinajstić information content (AvgIpc) is 2.71. The fourth-order valence-corrected chi connectivity index (χ4v) is 4.22. The van der Waals surface area contributed by atoms with Gasteiger partial charge in [0.05, 0.1) is 5.57 Å². The summed E-state index contributed by atoms with van der Waals surface area (Å²) < 4.78 is 38.5. The molecule has 0 aromatic heterocycles. The maximum absolute atomic E-state index is 12.8. The van der Waals surface area contributed by atoms with E-state index in [4.69, 9.17) is 0 Å². The first-order valence-electron chi connectivity index (χ1n) is 11.6. The molecule has 1 nitrogen and oxygen atoms in total. The molecule has 0 bridgehead atoms. The summed E-state index contributed by atoms with van der Waals surface area (Å²) in [6, 6.07) is 3.91. The van der Waals surface area contributed by atoms with E-state index in [1.807, 2.05) is 19.1 Å². The van der Waals surface area contributed by atoms with Crippen LogP contribution in [0, 0.1) is 6.92 Å². The second kappa shape index (κ2) is 12.2. The molecule has 1 aromatic carbocycles. The lowest BCUT2D eigenvalue weighted by Crippen LogP contribution is -2.13. The third-order valence-electron chi connectivity index (χ3n) is 5.99. The first kappa shape index (κ1) is 24.6. The van der Waals surface area contributed by atoms with Gasteiger partial charge in [-0.2, -0.15) is 13.2 Å². The number of aromatic hydroxyl groups is 1. The lowest BCUT2D eigenvalue weighted by Gasteiger charge is -2.21. The smallest absolute Gasteiger partial charge is 0.416 e. The highest BCUT2D eigenvalue weighted by molar-refractivity contribution is 5.48. The second-order valence-corrected chi connectivity index (χ2v) is 8.65. The van der Waals surface area contributed by atoms with Crippen molar-refractivity contribution in [3.8, 4) is 5.75 Å². The third kappa shape index (κ3) is 7.85. The van der Waals surface area contributed by atoms with Crippen LogP contribution >= 0.6 is 0 Å². The van der Waals surface area contributed by atoms with Crippen molar-refractivity contribution in [3.05, 3.63) is 52.6 Å². The van der Waals surface area contributed by atoms with Crippen molar-refractivity contribution >= 4 is 0 Å². The first-order chi connectivity index (χ1) is 14.3. The van der Waals surface area contributed by atoms with E-state index in [2.05, 4.69) is 6.92 Å². The molecule has 2 rings (SSSR count). The van der Waals surface area contributed by atoms with Gasteiger partial charge in [-0.3, -0.25) is 0 Å². The van der Waals surface area contributed by atoms with E-state index < -0.39 is 11.7 Å². The van der Waals surface area contributed by atoms with Crippen molar-refractivity contribution in [1.82, 2.24) is 0 Å². The molecule has 1 unspecified atom stereocenters. The molecule has 0 saturated carbocycles. The van der Waals surface area contributed by atoms with Gasteiger partial charge in [-0.05, 0) is 31.7 Å². The fraction of sp³-hybridized carbons (Fsp3) is 0.615. The van der Waals surface area contributed by atoms with E-state index in [0.717, 1.165) is 42.0 Å². The minimum atomic E-state index is -4.31. The van der Waals surface area contributed by atoms with Gasteiger partial charge in [0.25, 0.3) is 0 Å². The summed E-state index contributed by atoms with van der Waals surface area (Å²) in [5.74, 6) is 0.0532. The highest BCUT2D eigenvalue weighted by atomic mass is 19.4. The molecule has 1 aromatic rings. The van der Waals surface area contributed by atoms with Gasteiger partial charge in [0, 0.05) is 11.5 Å². The number of phenols is 1. The van der Waals surface area contributed by atoms with Gasteiger partial charge in [0.1, 0.15) is 5.75 Å². The number of phenolic OH excluding ortho intramolecular Hbond substituents is 1. The van der Waals surface area contributed by atoms with Gasteiger partial charge < -0.3 is 5.11 Å². The number of alkyl halides is 3. The predicted molar refractivity (Wildman–Crippen MR) is 119 cm³/mol. The Morgan fingerprint density at radius 2 is 1.53 bits per heavy atom. The summed E-state index contributed by atoms with van der Waals surface area (Å²) in [6.07, 6.45) is 13.4. The van der Waals surface area contributed by atoms with Gasteiger partial charge in [-0.1, -0.05) is 101 Å². The largest absolute Gasteiger partial charge is 0.507 e. The number of benzene rings is 1. The van der Waals surface area contributed by atoms with Crippen molar-refractivity contribution < 1.29 is 18.3 Å². The van der Waals surface area contributed by atoms with Crippen molar-refractivity contribution in [2.75, 3.05) is 0 Å². The van der Waals surface area contributed by atoms with Crippen LogP contribution in [0.5, 0.6) is 5.75 Å². The summed E-state index contributed by atoms with van der Waals surface area (Å²) in [5.41, 5.74) is 2.11. The van der Waals surface area contributed by atoms with Gasteiger partial charge in [0.2, 0.25) is 0 Å². The van der Waals surface area contributed by atoms with Crippen molar-refractivity contribution in [2.24, 2.45) is 0 Å². The van der Waals surface area contributed by atoms with Crippen molar-refractivity contribution in [1.29, 1.82) is 0 Å². The lowest BCUT2D eigenvalue weighted by molar-refractivity contribution is -0.0886. The Kier molecular flexibility index (Phi) is 10.0. The summed E-state index contributed by atoms with van der Waals surface area (Å²) in [7, 11) is 0. The van der Waals surface area contributed by atoms with Crippen LogP contribution in [-0.4, -0.2) is 11.3 Å². The third-order valence-corrected chi connectivity index (χ3v) is 5.99. The molecule has 168 valence electrons. The number of allylic oxidation sites excluding steroid dienone is 4. The molecule has 0 radical (unpaired) electrons. The molecular weight excluding hydrogens is 385 g/mol. The quantitative estimate of drug-likeness (QED) is 0.334. The minimum absolute atomic E-state index is 0.206. The Balaban J connectivity index is 1.81. The number of aryl methyl sites for hydroxylation is 2. The van der Waals surface area contributed by atoms with Gasteiger partial charge in [-0.25, -0.2) is 0 Å². The van der Waals surface area contributed by atoms with Crippen LogP contribution in [0.1, 0.15) is 100 Å². The van der Waals surface area contributed by atoms with Crippen LogP contribution in [0.2, 0.25) is 0 Å². The first-order valence-corrected chi connectivity index (χ1v) is 11.6. The maximum Gasteiger partial charge on any atom is 0.416 e. The molecule has 0 heterocycles. The SMILES string of the molecule is CCCCCCCCCCCCc1cc(C)cc(C2C=CC(C(F)(F)F)=CC2)c1O. The lowest BCUT2D eigenvalue weighted by atomic mass is 9.86. The Morgan fingerprint density at radius 3 is 2.07 bits per heavy atom. The van der Waals surface area contributed by atoms with E-state index >= 15 is 0 Å². The fourth-order valence-electron chi connectivity index (χ4n) is 4.22. The van der Waals surface area contributed by atoms with Crippen LogP contribution in [0.4, 0.5) is 13.2 Å². The molecule has 1 aliphatic carbocycles. The topological polar surface area (TPSA) is 20.2 Å². The minimum Gasteiger partial charge on any atom is -0.507 e. The number of unbranched alkanes of at least 4 members (excludes halogenated alkanes) is 9. The van der Waals surface area contributed by atoms with Crippen LogP contribution in [0.15, 0.2) is 35.9 Å². The molecule has 1 atom stereocenters. The number of hydrogen-bond donors (Lipinski definition) is 1. The van der Waals surface area contributed by atoms with E-state index in [1.54, 1.807) is 6.08 Å². The van der Waals surface area contributed by atoms with E-state index in [1.165, 1.54) is 57.4 Å². The van der Waals surface area contributed by atoms with E-state index in [0.29, 0.717) is 0 Å². The van der Waals surface area contributed by atoms with Crippen LogP contribution in [-0.2, 0) is 6.42 Å². The van der Waals surface area contributed by atoms with Gasteiger partial charge >= 0.3 is 6.18 Å². The summed E-state index contributed by atoms with van der Waals surface area (Å²) in [5, 5.41) is 10.8. The normalized spacial score (nSPS) is 16.7. The van der Waals surface area contributed by atoms with E-state index in [-0.39, 0.29) is 18.1 Å². The standard InChI is InChI=1S/C26H37F3O/c1-3-4-5-6-7-8-9-10-11-12-13-22-18-20(2)19-24(25(22)30)21-14-16-23(17-15-21)26(27,28)29/h14,16-19,21,30H,3-13,15H2,1-2H3. The molecule has 0 aliphatic heterocycles. The van der Waals surface area contributed by atoms with Gasteiger partial charge in [0.15, 0.2) is 0 Å². The molecule has 1 aliphatic rings. The van der Waals surface area contributed by atoms with Gasteiger partial charge in [-0.15, -0.1) is 0 Å². The van der Waals surface area contributed by atoms with Crippen LogP contribution in [0.3, 0.4) is 0 Å². The molecule has 4 heteroatoms. The molecule has 0 spiro atoms. The highest BCUT2D eigenvalue weighted by Crippen LogP contribution is 2.39. The molecule has 30 heavy (non-hydrogen) atoms. The van der Waals surface area contributed by atoms with Crippen molar-refractivity contribution in [2.45, 2.75) is 103 Å².